The Bertz CT molecular complexity index is 232. The Morgan fingerprint density at radius 2 is 1.88 bits per heavy atom. The first-order valence-electron chi connectivity index (χ1n) is 6.36. The van der Waals surface area contributed by atoms with E-state index in [0.717, 1.165) is 12.8 Å². The maximum atomic E-state index is 12.4. The molecule has 3 atom stereocenters. The molecule has 0 aromatic carbocycles. The third-order valence-electron chi connectivity index (χ3n) is 3.72. The Kier molecular flexibility index (Phi) is 5.25. The summed E-state index contributed by atoms with van der Waals surface area (Å²) >= 11 is 0. The Morgan fingerprint density at radius 3 is 2.35 bits per heavy atom. The fraction of sp³-hybridized carbons (Fsp3) is 1.00. The zero-order chi connectivity index (χ0) is 13.1. The zero-order valence-corrected chi connectivity index (χ0v) is 10.5. The molecule has 102 valence electrons. The predicted molar refractivity (Wildman–Crippen MR) is 60.7 cm³/mol. The predicted octanol–water partition coefficient (Wildman–Crippen LogP) is 2.81. The molecule has 0 amide bonds. The fourth-order valence-electron chi connectivity index (χ4n) is 2.67. The minimum atomic E-state index is -4.19. The summed E-state index contributed by atoms with van der Waals surface area (Å²) in [4.78, 5) is 1.37. The lowest BCUT2D eigenvalue weighted by molar-refractivity contribution is -0.158. The van der Waals surface area contributed by atoms with Crippen molar-refractivity contribution in [2.24, 2.45) is 5.92 Å². The van der Waals surface area contributed by atoms with Crippen molar-refractivity contribution in [3.05, 3.63) is 0 Å². The summed E-state index contributed by atoms with van der Waals surface area (Å²) < 4.78 is 37.3. The number of nitrogens with zero attached hydrogens (tertiary/aromatic N) is 1. The van der Waals surface area contributed by atoms with Gasteiger partial charge in [0, 0.05) is 6.04 Å². The standard InChI is InChI=1S/C12H22F3NO/c1-3-9-5-6-11(17)10(7-9)16(4-2)8-12(13,14)15/h9-11,17H,3-8H2,1-2H3. The number of likely N-dealkylation sites (N-methyl/N-ethyl adjacent to an activating group) is 1. The molecule has 0 spiro atoms. The highest BCUT2D eigenvalue weighted by molar-refractivity contribution is 4.87. The van der Waals surface area contributed by atoms with E-state index in [1.54, 1.807) is 6.92 Å². The van der Waals surface area contributed by atoms with Crippen LogP contribution in [-0.2, 0) is 0 Å². The summed E-state index contributed by atoms with van der Waals surface area (Å²) in [6, 6.07) is -0.333. The fourth-order valence-corrected chi connectivity index (χ4v) is 2.67. The second-order valence-corrected chi connectivity index (χ2v) is 4.90. The Balaban J connectivity index is 2.65. The number of alkyl halides is 3. The lowest BCUT2D eigenvalue weighted by Gasteiger charge is -2.40. The third-order valence-corrected chi connectivity index (χ3v) is 3.72. The summed E-state index contributed by atoms with van der Waals surface area (Å²) in [5.41, 5.74) is 0. The first-order chi connectivity index (χ1) is 7.87. The van der Waals surface area contributed by atoms with Crippen molar-refractivity contribution in [1.29, 1.82) is 0 Å². The minimum absolute atomic E-state index is 0.331. The highest BCUT2D eigenvalue weighted by Gasteiger charge is 2.38. The maximum absolute atomic E-state index is 12.4. The number of halogens is 3. The Labute approximate surface area is 101 Å². The lowest BCUT2D eigenvalue weighted by Crippen LogP contribution is -2.50. The van der Waals surface area contributed by atoms with E-state index in [9.17, 15) is 18.3 Å². The average Bonchev–Trinajstić information content (AvgIpc) is 2.25. The van der Waals surface area contributed by atoms with Crippen LogP contribution in [0.25, 0.3) is 0 Å². The van der Waals surface area contributed by atoms with E-state index in [4.69, 9.17) is 0 Å². The number of hydrogen-bond donors (Lipinski definition) is 1. The molecule has 0 bridgehead atoms. The van der Waals surface area contributed by atoms with Crippen LogP contribution in [-0.4, -0.2) is 41.4 Å². The van der Waals surface area contributed by atoms with Crippen LogP contribution in [0.2, 0.25) is 0 Å². The van der Waals surface area contributed by atoms with Crippen LogP contribution in [0, 0.1) is 5.92 Å². The molecule has 0 saturated heterocycles. The topological polar surface area (TPSA) is 23.5 Å². The number of aliphatic hydroxyl groups excluding tert-OH is 1. The molecular formula is C12H22F3NO. The minimum Gasteiger partial charge on any atom is -0.391 e. The van der Waals surface area contributed by atoms with Crippen LogP contribution in [0.5, 0.6) is 0 Å². The smallest absolute Gasteiger partial charge is 0.391 e. The van der Waals surface area contributed by atoms with E-state index >= 15 is 0 Å². The first kappa shape index (κ1) is 14.8. The van der Waals surface area contributed by atoms with Gasteiger partial charge < -0.3 is 5.11 Å². The molecule has 3 unspecified atom stereocenters. The zero-order valence-electron chi connectivity index (χ0n) is 10.5. The molecule has 1 saturated carbocycles. The normalized spacial score (nSPS) is 30.9. The molecule has 5 heteroatoms. The van der Waals surface area contributed by atoms with Gasteiger partial charge in [0.2, 0.25) is 0 Å². The molecule has 1 aliphatic rings. The second-order valence-electron chi connectivity index (χ2n) is 4.90. The van der Waals surface area contributed by atoms with Crippen LogP contribution in [0.4, 0.5) is 13.2 Å². The maximum Gasteiger partial charge on any atom is 0.401 e. The van der Waals surface area contributed by atoms with Crippen LogP contribution in [0.1, 0.15) is 39.5 Å². The summed E-state index contributed by atoms with van der Waals surface area (Å²) in [6.07, 6.45) is -1.58. The molecule has 1 N–H and O–H groups in total. The molecule has 1 rings (SSSR count). The van der Waals surface area contributed by atoms with Crippen molar-refractivity contribution in [2.75, 3.05) is 13.1 Å². The van der Waals surface area contributed by atoms with Gasteiger partial charge in [-0.1, -0.05) is 20.3 Å². The van der Waals surface area contributed by atoms with Crippen molar-refractivity contribution < 1.29 is 18.3 Å². The quantitative estimate of drug-likeness (QED) is 0.832. The van der Waals surface area contributed by atoms with Crippen molar-refractivity contribution in [3.8, 4) is 0 Å². The molecule has 1 fully saturated rings. The Morgan fingerprint density at radius 1 is 1.24 bits per heavy atom. The van der Waals surface area contributed by atoms with Gasteiger partial charge in [0.25, 0.3) is 0 Å². The highest BCUT2D eigenvalue weighted by atomic mass is 19.4. The molecule has 1 aliphatic carbocycles. The largest absolute Gasteiger partial charge is 0.401 e. The summed E-state index contributed by atoms with van der Waals surface area (Å²) in [6.45, 7) is 3.19. The number of aliphatic hydroxyl groups is 1. The van der Waals surface area contributed by atoms with Crippen LogP contribution in [0.3, 0.4) is 0 Å². The lowest BCUT2D eigenvalue weighted by atomic mass is 9.81. The third kappa shape index (κ3) is 4.47. The summed E-state index contributed by atoms with van der Waals surface area (Å²) in [7, 11) is 0. The van der Waals surface area contributed by atoms with Gasteiger partial charge in [0.1, 0.15) is 0 Å². The van der Waals surface area contributed by atoms with E-state index in [1.807, 2.05) is 0 Å². The molecule has 2 nitrogen and oxygen atoms in total. The molecule has 17 heavy (non-hydrogen) atoms. The number of hydrogen-bond acceptors (Lipinski definition) is 2. The number of rotatable bonds is 4. The summed E-state index contributed by atoms with van der Waals surface area (Å²) in [5.74, 6) is 0.450. The van der Waals surface area contributed by atoms with Crippen molar-refractivity contribution in [2.45, 2.75) is 57.9 Å². The Hall–Kier alpha value is -0.290. The van der Waals surface area contributed by atoms with Crippen LogP contribution >= 0.6 is 0 Å². The molecular weight excluding hydrogens is 231 g/mol. The van der Waals surface area contributed by atoms with Gasteiger partial charge in [-0.3, -0.25) is 4.90 Å². The molecule has 0 aromatic heterocycles. The monoisotopic (exact) mass is 253 g/mol. The average molecular weight is 253 g/mol. The van der Waals surface area contributed by atoms with E-state index < -0.39 is 18.8 Å². The van der Waals surface area contributed by atoms with E-state index in [0.29, 0.717) is 25.3 Å². The molecule has 0 radical (unpaired) electrons. The molecule has 0 heterocycles. The van der Waals surface area contributed by atoms with Crippen LogP contribution in [0.15, 0.2) is 0 Å². The first-order valence-corrected chi connectivity index (χ1v) is 6.36. The van der Waals surface area contributed by atoms with Gasteiger partial charge in [-0.2, -0.15) is 13.2 Å². The van der Waals surface area contributed by atoms with Gasteiger partial charge >= 0.3 is 6.18 Å². The van der Waals surface area contributed by atoms with Gasteiger partial charge in [-0.15, -0.1) is 0 Å². The molecule has 0 aromatic rings. The van der Waals surface area contributed by atoms with Gasteiger partial charge in [0.15, 0.2) is 0 Å². The van der Waals surface area contributed by atoms with Crippen LogP contribution < -0.4 is 0 Å². The molecule has 0 aliphatic heterocycles. The van der Waals surface area contributed by atoms with E-state index in [-0.39, 0.29) is 6.04 Å². The van der Waals surface area contributed by atoms with E-state index in [2.05, 4.69) is 6.92 Å². The second kappa shape index (κ2) is 6.05. The van der Waals surface area contributed by atoms with E-state index in [1.165, 1.54) is 4.90 Å². The highest BCUT2D eigenvalue weighted by Crippen LogP contribution is 2.31. The van der Waals surface area contributed by atoms with Gasteiger partial charge in [0.05, 0.1) is 12.6 Å². The summed E-state index contributed by atoms with van der Waals surface area (Å²) in [5, 5.41) is 9.87. The van der Waals surface area contributed by atoms with Gasteiger partial charge in [-0.25, -0.2) is 0 Å². The van der Waals surface area contributed by atoms with Crippen molar-refractivity contribution in [3.63, 3.8) is 0 Å². The SMILES string of the molecule is CCC1CCC(O)C(N(CC)CC(F)(F)F)C1. The van der Waals surface area contributed by atoms with Gasteiger partial charge in [-0.05, 0) is 31.7 Å². The van der Waals surface area contributed by atoms with Crippen molar-refractivity contribution >= 4 is 0 Å². The van der Waals surface area contributed by atoms with Crippen molar-refractivity contribution in [1.82, 2.24) is 4.90 Å².